The van der Waals surface area contributed by atoms with Gasteiger partial charge in [0.25, 0.3) is 0 Å². The number of rotatable bonds is 1. The van der Waals surface area contributed by atoms with Crippen molar-refractivity contribution in [2.75, 3.05) is 0 Å². The van der Waals surface area contributed by atoms with Crippen molar-refractivity contribution in [2.24, 2.45) is 0 Å². The molecule has 1 rings (SSSR count). The van der Waals surface area contributed by atoms with Gasteiger partial charge in [-0.2, -0.15) is 6.20 Å². The molecular weight excluding hydrogens is 163 g/mol. The molecule has 2 nitrogen and oxygen atoms in total. The maximum atomic E-state index is 3.69. The minimum atomic E-state index is 0. The van der Waals surface area contributed by atoms with Gasteiger partial charge in [0.1, 0.15) is 0 Å². The van der Waals surface area contributed by atoms with Crippen LogP contribution in [0, 0.1) is 7.43 Å². The number of hydrogen-bond acceptors (Lipinski definition) is 1. The molecule has 0 aliphatic rings. The summed E-state index contributed by atoms with van der Waals surface area (Å²) in [4.78, 5) is 0. The molecule has 1 aromatic heterocycles. The van der Waals surface area contributed by atoms with E-state index in [9.17, 15) is 0 Å². The second kappa shape index (κ2) is 5.57. The van der Waals surface area contributed by atoms with Gasteiger partial charge in [-0.1, -0.05) is 13.8 Å². The summed E-state index contributed by atoms with van der Waals surface area (Å²) in [5, 5.41) is 7.39. The second-order valence-corrected chi connectivity index (χ2v) is 2.14. The van der Waals surface area contributed by atoms with Crippen molar-refractivity contribution in [1.82, 2.24) is 10.2 Å². The molecule has 0 spiro atoms. The van der Waals surface area contributed by atoms with Crippen LogP contribution in [-0.2, 0) is 18.6 Å². The quantitative estimate of drug-likeness (QED) is 0.606. The second-order valence-electron chi connectivity index (χ2n) is 2.14. The van der Waals surface area contributed by atoms with Crippen LogP contribution in [0.1, 0.15) is 25.3 Å². The van der Waals surface area contributed by atoms with Crippen LogP contribution in [0.25, 0.3) is 0 Å². The largest absolute Gasteiger partial charge is 2.00 e. The SMILES string of the molecule is CC(C)c1cn[n-]c1.[CH3-].[V+2]. The summed E-state index contributed by atoms with van der Waals surface area (Å²) in [6.45, 7) is 4.25. The third kappa shape index (κ3) is 3.09. The topological polar surface area (TPSA) is 27.0 Å². The number of aromatic nitrogens is 2. The zero-order chi connectivity index (χ0) is 5.98. The fraction of sp³-hybridized carbons (Fsp3) is 0.429. The van der Waals surface area contributed by atoms with Crippen molar-refractivity contribution in [3.8, 4) is 0 Å². The van der Waals surface area contributed by atoms with Gasteiger partial charge < -0.3 is 17.6 Å². The Bertz CT molecular complexity index is 147. The third-order valence-electron chi connectivity index (χ3n) is 1.15. The molecule has 1 aromatic rings. The number of hydrogen-bond donors (Lipinski definition) is 0. The van der Waals surface area contributed by atoms with E-state index in [1.165, 1.54) is 5.56 Å². The van der Waals surface area contributed by atoms with Crippen LogP contribution in [0.2, 0.25) is 0 Å². The van der Waals surface area contributed by atoms with E-state index in [-0.39, 0.29) is 26.0 Å². The Hall–Kier alpha value is -0.206. The van der Waals surface area contributed by atoms with Gasteiger partial charge in [-0.25, -0.2) is 0 Å². The Morgan fingerprint density at radius 2 is 2.10 bits per heavy atom. The molecule has 10 heavy (non-hydrogen) atoms. The van der Waals surface area contributed by atoms with Gasteiger partial charge >= 0.3 is 18.6 Å². The molecule has 55 valence electrons. The van der Waals surface area contributed by atoms with Gasteiger partial charge in [0, 0.05) is 6.20 Å². The van der Waals surface area contributed by atoms with Crippen molar-refractivity contribution in [1.29, 1.82) is 0 Å². The fourth-order valence-electron chi connectivity index (χ4n) is 0.531. The summed E-state index contributed by atoms with van der Waals surface area (Å²) in [5.41, 5.74) is 1.21. The molecule has 0 fully saturated rings. The maximum absolute atomic E-state index is 3.69. The van der Waals surface area contributed by atoms with Crippen molar-refractivity contribution >= 4 is 0 Å². The van der Waals surface area contributed by atoms with Gasteiger partial charge in [0.2, 0.25) is 0 Å². The minimum Gasteiger partial charge on any atom is -0.582 e. The summed E-state index contributed by atoms with van der Waals surface area (Å²) in [5.74, 6) is 0.560. The average molecular weight is 175 g/mol. The van der Waals surface area contributed by atoms with Gasteiger partial charge in [-0.15, -0.1) is 0 Å². The van der Waals surface area contributed by atoms with E-state index in [0.29, 0.717) is 5.92 Å². The van der Waals surface area contributed by atoms with Gasteiger partial charge in [0.15, 0.2) is 0 Å². The maximum Gasteiger partial charge on any atom is 2.00 e. The smallest absolute Gasteiger partial charge is 0.582 e. The molecule has 0 atom stereocenters. The zero-order valence-electron chi connectivity index (χ0n) is 6.57. The summed E-state index contributed by atoms with van der Waals surface area (Å²) in [6, 6.07) is 0. The standard InChI is InChI=1S/C6H9N2.CH3.V/c1-5(2)6-3-7-8-4-6;;/h3-5H,1-2H3;1H3;/q2*-1;+2. The van der Waals surface area contributed by atoms with Crippen molar-refractivity contribution < 1.29 is 18.6 Å². The van der Waals surface area contributed by atoms with Crippen LogP contribution in [0.4, 0.5) is 0 Å². The Kier molecular flexibility index (Phi) is 6.94. The van der Waals surface area contributed by atoms with Gasteiger partial charge in [-0.05, 0) is 11.5 Å². The molecule has 1 radical (unpaired) electrons. The molecule has 0 amide bonds. The Morgan fingerprint density at radius 3 is 2.30 bits per heavy atom. The molecule has 0 saturated carbocycles. The summed E-state index contributed by atoms with van der Waals surface area (Å²) < 4.78 is 0. The molecule has 0 aliphatic heterocycles. The van der Waals surface area contributed by atoms with E-state index < -0.39 is 0 Å². The van der Waals surface area contributed by atoms with Gasteiger partial charge in [0.05, 0.1) is 0 Å². The first-order valence-electron chi connectivity index (χ1n) is 2.74. The van der Waals surface area contributed by atoms with Crippen LogP contribution in [-0.4, -0.2) is 5.10 Å². The normalized spacial score (nSPS) is 8.30. The van der Waals surface area contributed by atoms with E-state index in [2.05, 4.69) is 24.0 Å². The number of nitrogens with zero attached hydrogens (tertiary/aromatic N) is 2. The van der Waals surface area contributed by atoms with E-state index in [0.717, 1.165) is 0 Å². The summed E-state index contributed by atoms with van der Waals surface area (Å²) in [6.07, 6.45) is 3.59. The average Bonchev–Trinajstić information content (AvgIpc) is 2.12. The van der Waals surface area contributed by atoms with Gasteiger partial charge in [-0.3, -0.25) is 0 Å². The molecular formula is C7H12N2V. The summed E-state index contributed by atoms with van der Waals surface area (Å²) in [7, 11) is 0. The zero-order valence-corrected chi connectivity index (χ0v) is 7.97. The third-order valence-corrected chi connectivity index (χ3v) is 1.15. The van der Waals surface area contributed by atoms with Crippen molar-refractivity contribution in [2.45, 2.75) is 19.8 Å². The molecule has 1 heterocycles. The molecule has 0 bridgehead atoms. The molecule has 0 unspecified atom stereocenters. The fourth-order valence-corrected chi connectivity index (χ4v) is 0.531. The van der Waals surface area contributed by atoms with E-state index >= 15 is 0 Å². The van der Waals surface area contributed by atoms with Crippen molar-refractivity contribution in [3.05, 3.63) is 25.4 Å². The Morgan fingerprint density at radius 1 is 1.50 bits per heavy atom. The van der Waals surface area contributed by atoms with Crippen molar-refractivity contribution in [3.63, 3.8) is 0 Å². The predicted molar refractivity (Wildman–Crippen MR) is 38.1 cm³/mol. The van der Waals surface area contributed by atoms with Crippen LogP contribution >= 0.6 is 0 Å². The first-order valence-corrected chi connectivity index (χ1v) is 2.74. The van der Waals surface area contributed by atoms with Crippen LogP contribution in [0.15, 0.2) is 12.4 Å². The molecule has 0 aliphatic carbocycles. The predicted octanol–water partition coefficient (Wildman–Crippen LogP) is 1.61. The molecule has 3 heteroatoms. The van der Waals surface area contributed by atoms with Crippen LogP contribution in [0.5, 0.6) is 0 Å². The van der Waals surface area contributed by atoms with Crippen LogP contribution in [0.3, 0.4) is 0 Å². The molecule has 0 saturated heterocycles. The monoisotopic (exact) mass is 175 g/mol. The van der Waals surface area contributed by atoms with E-state index in [4.69, 9.17) is 0 Å². The molecule has 0 N–H and O–H groups in total. The van der Waals surface area contributed by atoms with Crippen LogP contribution < -0.4 is 5.10 Å². The van der Waals surface area contributed by atoms with E-state index in [1.807, 2.05) is 0 Å². The van der Waals surface area contributed by atoms with E-state index in [1.54, 1.807) is 12.4 Å². The summed E-state index contributed by atoms with van der Waals surface area (Å²) >= 11 is 0. The Balaban J connectivity index is 0. The minimum absolute atomic E-state index is 0. The molecule has 0 aromatic carbocycles. The Labute approximate surface area is 74.3 Å². The first kappa shape index (κ1) is 12.5. The first-order chi connectivity index (χ1) is 3.80.